The third kappa shape index (κ3) is 2.53. The van der Waals surface area contributed by atoms with Crippen LogP contribution >= 0.6 is 0 Å². The Balaban J connectivity index is 1.88. The molecule has 20 heavy (non-hydrogen) atoms. The highest BCUT2D eigenvalue weighted by Crippen LogP contribution is 2.31. The minimum atomic E-state index is -0.420. The Morgan fingerprint density at radius 1 is 1.50 bits per heavy atom. The van der Waals surface area contributed by atoms with Gasteiger partial charge in [-0.1, -0.05) is 17.3 Å². The fourth-order valence-electron chi connectivity index (χ4n) is 2.03. The molecule has 1 N–H and O–H groups in total. The van der Waals surface area contributed by atoms with Gasteiger partial charge < -0.3 is 9.84 Å². The van der Waals surface area contributed by atoms with Crippen molar-refractivity contribution in [1.82, 2.24) is 15.5 Å². The molecule has 1 saturated carbocycles. The number of para-hydroxylation sites is 1. The van der Waals surface area contributed by atoms with E-state index >= 15 is 0 Å². The number of nitro groups is 1. The first-order valence-electron chi connectivity index (χ1n) is 6.45. The van der Waals surface area contributed by atoms with E-state index in [-0.39, 0.29) is 11.6 Å². The number of nitrogens with one attached hydrogen (secondary N) is 1. The molecule has 7 heteroatoms. The monoisotopic (exact) mass is 274 g/mol. The predicted molar refractivity (Wildman–Crippen MR) is 71.0 cm³/mol. The molecule has 1 aromatic carbocycles. The number of aromatic nitrogens is 2. The van der Waals surface area contributed by atoms with E-state index in [1.54, 1.807) is 25.1 Å². The molecule has 0 radical (unpaired) electrons. The summed E-state index contributed by atoms with van der Waals surface area (Å²) in [5.74, 6) is 0.704. The molecule has 0 atom stereocenters. The van der Waals surface area contributed by atoms with Crippen molar-refractivity contribution in [3.05, 3.63) is 39.7 Å². The number of nitro benzene ring substituents is 1. The van der Waals surface area contributed by atoms with E-state index in [2.05, 4.69) is 15.5 Å². The summed E-state index contributed by atoms with van der Waals surface area (Å²) in [6.45, 7) is 2.21. The summed E-state index contributed by atoms with van der Waals surface area (Å²) in [6, 6.07) is 5.60. The second-order valence-electron chi connectivity index (χ2n) is 4.90. The molecule has 104 valence electrons. The average molecular weight is 274 g/mol. The van der Waals surface area contributed by atoms with Gasteiger partial charge in [0, 0.05) is 11.6 Å². The van der Waals surface area contributed by atoms with E-state index < -0.39 is 4.92 Å². The van der Waals surface area contributed by atoms with Gasteiger partial charge in [-0.3, -0.25) is 10.1 Å². The van der Waals surface area contributed by atoms with Crippen molar-refractivity contribution >= 4 is 5.69 Å². The summed E-state index contributed by atoms with van der Waals surface area (Å²) in [5, 5.41) is 18.3. The van der Waals surface area contributed by atoms with Gasteiger partial charge >= 0.3 is 0 Å². The molecule has 0 spiro atoms. The summed E-state index contributed by atoms with van der Waals surface area (Å²) in [4.78, 5) is 14.9. The van der Waals surface area contributed by atoms with Crippen molar-refractivity contribution in [2.24, 2.45) is 0 Å². The highest BCUT2D eigenvalue weighted by atomic mass is 16.6. The molecule has 0 amide bonds. The first-order valence-corrected chi connectivity index (χ1v) is 6.45. The molecular weight excluding hydrogens is 260 g/mol. The predicted octanol–water partition coefficient (Wildman–Crippen LogP) is 2.21. The Bertz CT molecular complexity index is 649. The Labute approximate surface area is 115 Å². The van der Waals surface area contributed by atoms with Crippen LogP contribution in [-0.2, 0) is 6.54 Å². The molecule has 1 heterocycles. The number of rotatable bonds is 5. The number of hydrogen-bond acceptors (Lipinski definition) is 6. The maximum absolute atomic E-state index is 11.1. The number of nitrogens with zero attached hydrogens (tertiary/aromatic N) is 3. The zero-order valence-corrected chi connectivity index (χ0v) is 11.0. The molecule has 7 nitrogen and oxygen atoms in total. The SMILES string of the molecule is Cc1cccc(-c2nc(CNC3CC3)no2)c1[N+](=O)[O-]. The van der Waals surface area contributed by atoms with Gasteiger partial charge in [0.15, 0.2) is 5.82 Å². The average Bonchev–Trinajstić information content (AvgIpc) is 3.13. The normalized spacial score (nSPS) is 14.4. The third-order valence-electron chi connectivity index (χ3n) is 3.25. The minimum Gasteiger partial charge on any atom is -0.334 e. The Morgan fingerprint density at radius 3 is 3.00 bits per heavy atom. The van der Waals surface area contributed by atoms with Crippen LogP contribution < -0.4 is 5.32 Å². The van der Waals surface area contributed by atoms with E-state index in [0.29, 0.717) is 29.5 Å². The van der Waals surface area contributed by atoms with Gasteiger partial charge in [0.2, 0.25) is 0 Å². The summed E-state index contributed by atoms with van der Waals surface area (Å²) >= 11 is 0. The molecule has 0 saturated heterocycles. The number of benzene rings is 1. The van der Waals surface area contributed by atoms with Crippen LogP contribution in [-0.4, -0.2) is 21.1 Å². The van der Waals surface area contributed by atoms with E-state index in [1.165, 1.54) is 12.8 Å². The smallest absolute Gasteiger partial charge is 0.285 e. The first kappa shape index (κ1) is 12.7. The Kier molecular flexibility index (Phi) is 3.19. The largest absolute Gasteiger partial charge is 0.334 e. The van der Waals surface area contributed by atoms with E-state index in [0.717, 1.165) is 0 Å². The van der Waals surface area contributed by atoms with Crippen molar-refractivity contribution in [2.45, 2.75) is 32.4 Å². The van der Waals surface area contributed by atoms with Crippen LogP contribution in [0.2, 0.25) is 0 Å². The van der Waals surface area contributed by atoms with Crippen LogP contribution in [0.15, 0.2) is 22.7 Å². The lowest BCUT2D eigenvalue weighted by molar-refractivity contribution is -0.384. The molecule has 0 aliphatic heterocycles. The maximum Gasteiger partial charge on any atom is 0.285 e. The highest BCUT2D eigenvalue weighted by molar-refractivity contribution is 5.69. The van der Waals surface area contributed by atoms with Crippen LogP contribution in [0, 0.1) is 17.0 Å². The fourth-order valence-corrected chi connectivity index (χ4v) is 2.03. The van der Waals surface area contributed by atoms with E-state index in [1.807, 2.05) is 0 Å². The molecule has 3 rings (SSSR count). The zero-order chi connectivity index (χ0) is 14.1. The molecule has 1 aliphatic rings. The lowest BCUT2D eigenvalue weighted by Crippen LogP contribution is -2.16. The molecule has 0 bridgehead atoms. The molecule has 1 fully saturated rings. The fraction of sp³-hybridized carbons (Fsp3) is 0.385. The van der Waals surface area contributed by atoms with Crippen LogP contribution in [0.1, 0.15) is 24.2 Å². The Morgan fingerprint density at radius 2 is 2.30 bits per heavy atom. The van der Waals surface area contributed by atoms with Gasteiger partial charge in [-0.05, 0) is 25.8 Å². The van der Waals surface area contributed by atoms with Crippen molar-refractivity contribution < 1.29 is 9.45 Å². The molecular formula is C13H14N4O3. The maximum atomic E-state index is 11.1. The van der Waals surface area contributed by atoms with Gasteiger partial charge in [-0.15, -0.1) is 0 Å². The molecule has 1 aromatic heterocycles. The third-order valence-corrected chi connectivity index (χ3v) is 3.25. The van der Waals surface area contributed by atoms with Gasteiger partial charge in [0.05, 0.1) is 11.5 Å². The van der Waals surface area contributed by atoms with Crippen LogP contribution in [0.25, 0.3) is 11.5 Å². The van der Waals surface area contributed by atoms with Crippen molar-refractivity contribution in [3.8, 4) is 11.5 Å². The van der Waals surface area contributed by atoms with E-state index in [9.17, 15) is 10.1 Å². The number of aryl methyl sites for hydroxylation is 1. The van der Waals surface area contributed by atoms with Gasteiger partial charge in [-0.2, -0.15) is 4.98 Å². The van der Waals surface area contributed by atoms with Crippen LogP contribution in [0.4, 0.5) is 5.69 Å². The van der Waals surface area contributed by atoms with Crippen molar-refractivity contribution in [3.63, 3.8) is 0 Å². The molecule has 2 aromatic rings. The van der Waals surface area contributed by atoms with Gasteiger partial charge in [-0.25, -0.2) is 0 Å². The molecule has 1 aliphatic carbocycles. The van der Waals surface area contributed by atoms with E-state index in [4.69, 9.17) is 4.52 Å². The van der Waals surface area contributed by atoms with Gasteiger partial charge in [0.1, 0.15) is 5.56 Å². The topological polar surface area (TPSA) is 94.1 Å². The lowest BCUT2D eigenvalue weighted by Gasteiger charge is -2.00. The number of hydrogen-bond donors (Lipinski definition) is 1. The van der Waals surface area contributed by atoms with Crippen LogP contribution in [0.3, 0.4) is 0 Å². The van der Waals surface area contributed by atoms with Crippen molar-refractivity contribution in [1.29, 1.82) is 0 Å². The summed E-state index contributed by atoms with van der Waals surface area (Å²) in [5.41, 5.74) is 0.946. The first-order chi connectivity index (χ1) is 9.65. The lowest BCUT2D eigenvalue weighted by atomic mass is 10.1. The van der Waals surface area contributed by atoms with Crippen molar-refractivity contribution in [2.75, 3.05) is 0 Å². The summed E-state index contributed by atoms with van der Waals surface area (Å²) in [6.07, 6.45) is 2.35. The van der Waals surface area contributed by atoms with Gasteiger partial charge in [0.25, 0.3) is 11.6 Å². The standard InChI is InChI=1S/C13H14N4O3/c1-8-3-2-4-10(12(8)17(18)19)13-15-11(16-20-13)7-14-9-5-6-9/h2-4,9,14H,5-7H2,1H3. The Hall–Kier alpha value is -2.28. The molecule has 0 unspecified atom stereocenters. The summed E-state index contributed by atoms with van der Waals surface area (Å²) in [7, 11) is 0. The highest BCUT2D eigenvalue weighted by Gasteiger charge is 2.24. The zero-order valence-electron chi connectivity index (χ0n) is 11.0. The van der Waals surface area contributed by atoms with Crippen LogP contribution in [0.5, 0.6) is 0 Å². The second kappa shape index (κ2) is 5.01. The summed E-state index contributed by atoms with van der Waals surface area (Å²) < 4.78 is 5.14. The minimum absolute atomic E-state index is 0.0119. The second-order valence-corrected chi connectivity index (χ2v) is 4.90. The quantitative estimate of drug-likeness (QED) is 0.663.